The Kier molecular flexibility index (Phi) is 5.66. The van der Waals surface area contributed by atoms with E-state index in [-0.39, 0.29) is 18.3 Å². The van der Waals surface area contributed by atoms with Gasteiger partial charge in [0.15, 0.2) is 0 Å². The molecule has 0 unspecified atom stereocenters. The van der Waals surface area contributed by atoms with E-state index in [0.717, 1.165) is 18.2 Å². The molecule has 0 bridgehead atoms. The number of amides is 1. The molecule has 0 aliphatic carbocycles. The largest absolute Gasteiger partial charge is 0.347 e. The lowest BCUT2D eigenvalue weighted by atomic mass is 10.2. The first-order valence-corrected chi connectivity index (χ1v) is 10.3. The van der Waals surface area contributed by atoms with E-state index in [0.29, 0.717) is 16.4 Å². The first kappa shape index (κ1) is 18.6. The molecule has 1 aliphatic heterocycles. The van der Waals surface area contributed by atoms with Crippen molar-refractivity contribution in [3.8, 4) is 5.13 Å². The van der Waals surface area contributed by atoms with Crippen molar-refractivity contribution in [2.45, 2.75) is 32.2 Å². The predicted octanol–water partition coefficient (Wildman–Crippen LogP) is 3.78. The lowest BCUT2D eigenvalue weighted by Gasteiger charge is -2.17. The van der Waals surface area contributed by atoms with Crippen LogP contribution >= 0.6 is 11.3 Å². The van der Waals surface area contributed by atoms with Crippen molar-refractivity contribution >= 4 is 22.4 Å². The molecule has 3 heterocycles. The number of aromatic nitrogens is 3. The second-order valence-electron chi connectivity index (χ2n) is 6.81. The van der Waals surface area contributed by atoms with Crippen LogP contribution in [0, 0.1) is 5.82 Å². The second-order valence-corrected chi connectivity index (χ2v) is 7.74. The van der Waals surface area contributed by atoms with E-state index in [1.807, 2.05) is 0 Å². The van der Waals surface area contributed by atoms with Gasteiger partial charge in [-0.05, 0) is 31.0 Å². The molecule has 1 N–H and O–H groups in total. The maximum absolute atomic E-state index is 13.8. The van der Waals surface area contributed by atoms with Gasteiger partial charge in [0.2, 0.25) is 10.3 Å². The molecule has 4 rings (SSSR count). The van der Waals surface area contributed by atoms with Crippen molar-refractivity contribution in [3.05, 3.63) is 59.7 Å². The highest BCUT2D eigenvalue weighted by Crippen LogP contribution is 2.26. The molecule has 1 aliphatic rings. The lowest BCUT2D eigenvalue weighted by Crippen LogP contribution is -2.25. The Morgan fingerprint density at radius 3 is 2.57 bits per heavy atom. The molecule has 0 spiro atoms. The number of hydrogen-bond acceptors (Lipinski definition) is 5. The SMILES string of the molecule is O=C(NCc1ccccc1F)c1cccn1-c1nnc(N2CCCCCC2)s1. The molecule has 1 fully saturated rings. The molecule has 6 nitrogen and oxygen atoms in total. The van der Waals surface area contributed by atoms with Gasteiger partial charge in [-0.1, -0.05) is 42.4 Å². The number of nitrogens with one attached hydrogen (secondary N) is 1. The fourth-order valence-corrected chi connectivity index (χ4v) is 4.23. The molecular weight excluding hydrogens is 377 g/mol. The van der Waals surface area contributed by atoms with Crippen molar-refractivity contribution in [2.24, 2.45) is 0 Å². The number of anilines is 1. The topological polar surface area (TPSA) is 63.1 Å². The van der Waals surface area contributed by atoms with Crippen LogP contribution in [-0.4, -0.2) is 33.8 Å². The maximum Gasteiger partial charge on any atom is 0.268 e. The predicted molar refractivity (Wildman–Crippen MR) is 107 cm³/mol. The Morgan fingerprint density at radius 2 is 1.79 bits per heavy atom. The molecule has 3 aromatic rings. The summed E-state index contributed by atoms with van der Waals surface area (Å²) < 4.78 is 15.5. The van der Waals surface area contributed by atoms with Gasteiger partial charge in [0.05, 0.1) is 0 Å². The summed E-state index contributed by atoms with van der Waals surface area (Å²) in [6.45, 7) is 2.12. The summed E-state index contributed by atoms with van der Waals surface area (Å²) in [6.07, 6.45) is 6.65. The van der Waals surface area contributed by atoms with E-state index in [2.05, 4.69) is 20.4 Å². The van der Waals surface area contributed by atoms with E-state index in [9.17, 15) is 9.18 Å². The average molecular weight is 399 g/mol. The molecule has 1 amide bonds. The molecule has 1 aromatic carbocycles. The van der Waals surface area contributed by atoms with E-state index >= 15 is 0 Å². The highest BCUT2D eigenvalue weighted by atomic mass is 32.1. The molecule has 28 heavy (non-hydrogen) atoms. The van der Waals surface area contributed by atoms with Gasteiger partial charge in [0.25, 0.3) is 5.91 Å². The molecule has 0 saturated carbocycles. The third-order valence-electron chi connectivity index (χ3n) is 4.86. The van der Waals surface area contributed by atoms with Crippen LogP contribution in [-0.2, 0) is 6.54 Å². The van der Waals surface area contributed by atoms with Crippen LogP contribution in [0.15, 0.2) is 42.6 Å². The number of halogens is 1. The van der Waals surface area contributed by atoms with Gasteiger partial charge in [-0.3, -0.25) is 9.36 Å². The number of carbonyl (C=O) groups excluding carboxylic acids is 1. The Bertz CT molecular complexity index is 945. The Balaban J connectivity index is 1.48. The van der Waals surface area contributed by atoms with Crippen LogP contribution in [0.5, 0.6) is 0 Å². The molecule has 2 aromatic heterocycles. The van der Waals surface area contributed by atoms with Crippen LogP contribution < -0.4 is 10.2 Å². The summed E-state index contributed by atoms with van der Waals surface area (Å²) in [5, 5.41) is 12.9. The monoisotopic (exact) mass is 399 g/mol. The minimum Gasteiger partial charge on any atom is -0.347 e. The summed E-state index contributed by atoms with van der Waals surface area (Å²) in [5.41, 5.74) is 0.906. The summed E-state index contributed by atoms with van der Waals surface area (Å²) >= 11 is 1.48. The lowest BCUT2D eigenvalue weighted by molar-refractivity contribution is 0.0944. The van der Waals surface area contributed by atoms with Gasteiger partial charge < -0.3 is 10.2 Å². The number of benzene rings is 1. The zero-order valence-electron chi connectivity index (χ0n) is 15.5. The molecule has 0 radical (unpaired) electrons. The number of hydrogen-bond donors (Lipinski definition) is 1. The van der Waals surface area contributed by atoms with Gasteiger partial charge in [0.1, 0.15) is 11.5 Å². The normalized spacial score (nSPS) is 14.7. The fraction of sp³-hybridized carbons (Fsp3) is 0.350. The van der Waals surface area contributed by atoms with Crippen LogP contribution in [0.3, 0.4) is 0 Å². The van der Waals surface area contributed by atoms with Crippen LogP contribution in [0.25, 0.3) is 5.13 Å². The van der Waals surface area contributed by atoms with Crippen molar-refractivity contribution in [3.63, 3.8) is 0 Å². The van der Waals surface area contributed by atoms with Gasteiger partial charge in [-0.25, -0.2) is 4.39 Å². The second kappa shape index (κ2) is 8.52. The number of carbonyl (C=O) groups is 1. The van der Waals surface area contributed by atoms with Gasteiger partial charge in [-0.2, -0.15) is 0 Å². The molecule has 0 atom stereocenters. The van der Waals surface area contributed by atoms with Gasteiger partial charge in [-0.15, -0.1) is 10.2 Å². The van der Waals surface area contributed by atoms with Crippen molar-refractivity contribution in [1.82, 2.24) is 20.1 Å². The molecular formula is C20H22FN5OS. The summed E-state index contributed by atoms with van der Waals surface area (Å²) in [6, 6.07) is 9.94. The van der Waals surface area contributed by atoms with E-state index < -0.39 is 0 Å². The quantitative estimate of drug-likeness (QED) is 0.709. The van der Waals surface area contributed by atoms with Gasteiger partial charge >= 0.3 is 0 Å². The first-order valence-electron chi connectivity index (χ1n) is 9.50. The van der Waals surface area contributed by atoms with Crippen molar-refractivity contribution in [2.75, 3.05) is 18.0 Å². The minimum atomic E-state index is -0.329. The van der Waals surface area contributed by atoms with Crippen LogP contribution in [0.2, 0.25) is 0 Å². The Labute approximate surface area is 167 Å². The van der Waals surface area contributed by atoms with Gasteiger partial charge in [0, 0.05) is 31.4 Å². The Hall–Kier alpha value is -2.74. The highest BCUT2D eigenvalue weighted by molar-refractivity contribution is 7.17. The standard InChI is InChI=1S/C20H22FN5OS/c21-16-9-4-3-8-15(16)14-22-18(27)17-10-7-13-26(17)20-24-23-19(28-20)25-11-5-1-2-6-12-25/h3-4,7-10,13H,1-2,5-6,11-12,14H2,(H,22,27). The fourth-order valence-electron chi connectivity index (χ4n) is 3.34. The maximum atomic E-state index is 13.8. The van der Waals surface area contributed by atoms with E-state index in [4.69, 9.17) is 0 Å². The van der Waals surface area contributed by atoms with E-state index in [1.165, 1.54) is 43.1 Å². The summed E-state index contributed by atoms with van der Waals surface area (Å²) in [5.74, 6) is -0.607. The van der Waals surface area contributed by atoms with Crippen molar-refractivity contribution < 1.29 is 9.18 Å². The summed E-state index contributed by atoms with van der Waals surface area (Å²) in [7, 11) is 0. The smallest absolute Gasteiger partial charge is 0.268 e. The van der Waals surface area contributed by atoms with E-state index in [1.54, 1.807) is 41.1 Å². The highest BCUT2D eigenvalue weighted by Gasteiger charge is 2.18. The number of nitrogens with zero attached hydrogens (tertiary/aromatic N) is 4. The molecule has 1 saturated heterocycles. The third-order valence-corrected chi connectivity index (χ3v) is 5.85. The molecule has 8 heteroatoms. The zero-order chi connectivity index (χ0) is 19.3. The number of rotatable bonds is 5. The average Bonchev–Trinajstić information content (AvgIpc) is 3.31. The minimum absolute atomic E-state index is 0.131. The zero-order valence-corrected chi connectivity index (χ0v) is 16.3. The van der Waals surface area contributed by atoms with Crippen LogP contribution in [0.4, 0.5) is 9.52 Å². The first-order chi connectivity index (χ1) is 13.7. The third kappa shape index (κ3) is 4.06. The molecule has 146 valence electrons. The van der Waals surface area contributed by atoms with Crippen LogP contribution in [0.1, 0.15) is 41.7 Å². The Morgan fingerprint density at radius 1 is 1.04 bits per heavy atom. The van der Waals surface area contributed by atoms with Crippen molar-refractivity contribution in [1.29, 1.82) is 0 Å². The summed E-state index contributed by atoms with van der Waals surface area (Å²) in [4.78, 5) is 14.9.